The van der Waals surface area contributed by atoms with Gasteiger partial charge in [0.15, 0.2) is 10.8 Å². The minimum absolute atomic E-state index is 0.00409. The van der Waals surface area contributed by atoms with Crippen LogP contribution in [0, 0.1) is 5.92 Å². The molecule has 1 aliphatic heterocycles. The molecule has 3 aromatic rings. The SMILES string of the molecule is CCn1cc(C(=O)N2CCC(C(=O)c3nc4ccccc4s3)CC2)cn1. The predicted octanol–water partition coefficient (Wildman–Crippen LogP) is 3.25. The van der Waals surface area contributed by atoms with Crippen LogP contribution in [0.4, 0.5) is 0 Å². The van der Waals surface area contributed by atoms with E-state index in [-0.39, 0.29) is 17.6 Å². The Labute approximate surface area is 155 Å². The van der Waals surface area contributed by atoms with Crippen molar-refractivity contribution in [3.05, 3.63) is 47.2 Å². The lowest BCUT2D eigenvalue weighted by Gasteiger charge is -2.30. The van der Waals surface area contributed by atoms with E-state index in [1.807, 2.05) is 36.1 Å². The summed E-state index contributed by atoms with van der Waals surface area (Å²) in [5.41, 5.74) is 1.49. The summed E-state index contributed by atoms with van der Waals surface area (Å²) in [5.74, 6) is 0.0469. The molecule has 0 spiro atoms. The van der Waals surface area contributed by atoms with Crippen LogP contribution in [-0.2, 0) is 6.54 Å². The Bertz CT molecular complexity index is 920. The van der Waals surface area contributed by atoms with Gasteiger partial charge in [-0.15, -0.1) is 11.3 Å². The number of para-hydroxylation sites is 1. The first kappa shape index (κ1) is 16.9. The summed E-state index contributed by atoms with van der Waals surface area (Å²) in [6.45, 7) is 3.92. The van der Waals surface area contributed by atoms with Crippen LogP contribution < -0.4 is 0 Å². The molecular weight excluding hydrogens is 348 g/mol. The van der Waals surface area contributed by atoms with Crippen molar-refractivity contribution in [1.29, 1.82) is 0 Å². The third-order valence-electron chi connectivity index (χ3n) is 4.86. The van der Waals surface area contributed by atoms with E-state index in [4.69, 9.17) is 0 Å². The number of aryl methyl sites for hydroxylation is 1. The number of thiazole rings is 1. The van der Waals surface area contributed by atoms with Gasteiger partial charge < -0.3 is 4.90 Å². The van der Waals surface area contributed by atoms with Crippen molar-refractivity contribution in [1.82, 2.24) is 19.7 Å². The highest BCUT2D eigenvalue weighted by atomic mass is 32.1. The van der Waals surface area contributed by atoms with Gasteiger partial charge in [-0.05, 0) is 31.9 Å². The van der Waals surface area contributed by atoms with Crippen molar-refractivity contribution in [2.45, 2.75) is 26.3 Å². The lowest BCUT2D eigenvalue weighted by molar-refractivity contribution is 0.0650. The molecule has 0 unspecified atom stereocenters. The maximum Gasteiger partial charge on any atom is 0.257 e. The fourth-order valence-corrected chi connectivity index (χ4v) is 4.31. The predicted molar refractivity (Wildman–Crippen MR) is 100 cm³/mol. The number of carbonyl (C=O) groups is 2. The second-order valence-electron chi connectivity index (χ2n) is 6.50. The van der Waals surface area contributed by atoms with E-state index in [9.17, 15) is 9.59 Å². The molecule has 0 aliphatic carbocycles. The Kier molecular flexibility index (Phi) is 4.55. The maximum absolute atomic E-state index is 12.8. The Hall–Kier alpha value is -2.54. The van der Waals surface area contributed by atoms with Gasteiger partial charge in [-0.3, -0.25) is 14.3 Å². The van der Waals surface area contributed by atoms with Gasteiger partial charge in [-0.25, -0.2) is 4.98 Å². The first-order valence-corrected chi connectivity index (χ1v) is 9.69. The highest BCUT2D eigenvalue weighted by Crippen LogP contribution is 2.28. The van der Waals surface area contributed by atoms with Crippen LogP contribution in [0.25, 0.3) is 10.2 Å². The molecule has 1 aliphatic rings. The molecule has 1 fully saturated rings. The first-order valence-electron chi connectivity index (χ1n) is 8.87. The van der Waals surface area contributed by atoms with E-state index in [0.29, 0.717) is 36.5 Å². The average molecular weight is 368 g/mol. The van der Waals surface area contributed by atoms with Crippen molar-refractivity contribution in [3.8, 4) is 0 Å². The Balaban J connectivity index is 1.41. The third kappa shape index (κ3) is 3.14. The van der Waals surface area contributed by atoms with E-state index in [2.05, 4.69) is 10.1 Å². The number of ketones is 1. The second kappa shape index (κ2) is 6.99. The van der Waals surface area contributed by atoms with Gasteiger partial charge in [0, 0.05) is 31.7 Å². The van der Waals surface area contributed by atoms with Crippen LogP contribution in [0.5, 0.6) is 0 Å². The van der Waals surface area contributed by atoms with E-state index in [1.54, 1.807) is 17.1 Å². The highest BCUT2D eigenvalue weighted by molar-refractivity contribution is 7.20. The molecule has 0 N–H and O–H groups in total. The second-order valence-corrected chi connectivity index (χ2v) is 7.53. The van der Waals surface area contributed by atoms with Crippen LogP contribution in [0.1, 0.15) is 39.9 Å². The number of rotatable bonds is 4. The number of aromatic nitrogens is 3. The number of amides is 1. The fraction of sp³-hybridized carbons (Fsp3) is 0.368. The van der Waals surface area contributed by atoms with Crippen LogP contribution in [-0.4, -0.2) is 44.4 Å². The zero-order chi connectivity index (χ0) is 18.1. The summed E-state index contributed by atoms with van der Waals surface area (Å²) >= 11 is 1.46. The van der Waals surface area contributed by atoms with E-state index >= 15 is 0 Å². The largest absolute Gasteiger partial charge is 0.339 e. The lowest BCUT2D eigenvalue weighted by Crippen LogP contribution is -2.40. The standard InChI is InChI=1S/C19H20N4O2S/c1-2-23-12-14(11-20-23)19(25)22-9-7-13(8-10-22)17(24)18-21-15-5-3-4-6-16(15)26-18/h3-6,11-13H,2,7-10H2,1H3. The van der Waals surface area contributed by atoms with Crippen molar-refractivity contribution < 1.29 is 9.59 Å². The zero-order valence-corrected chi connectivity index (χ0v) is 15.4. The van der Waals surface area contributed by atoms with Gasteiger partial charge >= 0.3 is 0 Å². The molecule has 1 aromatic carbocycles. The highest BCUT2D eigenvalue weighted by Gasteiger charge is 2.30. The number of nitrogens with zero attached hydrogens (tertiary/aromatic N) is 4. The number of Topliss-reactive ketones (excluding diaryl/α,β-unsaturated/α-hetero) is 1. The Morgan fingerprint density at radius 2 is 2.00 bits per heavy atom. The van der Waals surface area contributed by atoms with Gasteiger partial charge in [0.05, 0.1) is 22.0 Å². The summed E-state index contributed by atoms with van der Waals surface area (Å²) in [7, 11) is 0. The summed E-state index contributed by atoms with van der Waals surface area (Å²) in [5, 5.41) is 4.75. The van der Waals surface area contributed by atoms with Crippen molar-refractivity contribution in [2.75, 3.05) is 13.1 Å². The minimum atomic E-state index is -0.0574. The topological polar surface area (TPSA) is 68.1 Å². The monoisotopic (exact) mass is 368 g/mol. The first-order chi connectivity index (χ1) is 12.7. The van der Waals surface area contributed by atoms with Gasteiger partial charge in [0.1, 0.15) is 0 Å². The molecule has 4 rings (SSSR count). The number of carbonyl (C=O) groups excluding carboxylic acids is 2. The number of piperidine rings is 1. The molecule has 0 radical (unpaired) electrons. The number of hydrogen-bond acceptors (Lipinski definition) is 5. The molecule has 0 bridgehead atoms. The van der Waals surface area contributed by atoms with E-state index in [0.717, 1.165) is 16.8 Å². The molecule has 2 aromatic heterocycles. The number of hydrogen-bond donors (Lipinski definition) is 0. The van der Waals surface area contributed by atoms with Gasteiger partial charge in [-0.2, -0.15) is 5.10 Å². The molecule has 1 amide bonds. The van der Waals surface area contributed by atoms with Gasteiger partial charge in [-0.1, -0.05) is 12.1 Å². The van der Waals surface area contributed by atoms with Crippen LogP contribution in [0.3, 0.4) is 0 Å². The summed E-state index contributed by atoms with van der Waals surface area (Å²) < 4.78 is 2.78. The van der Waals surface area contributed by atoms with Gasteiger partial charge in [0.25, 0.3) is 5.91 Å². The number of likely N-dealkylation sites (tertiary alicyclic amines) is 1. The van der Waals surface area contributed by atoms with Crippen molar-refractivity contribution in [3.63, 3.8) is 0 Å². The van der Waals surface area contributed by atoms with Gasteiger partial charge in [0.2, 0.25) is 0 Å². The average Bonchev–Trinajstić information content (AvgIpc) is 3.33. The summed E-state index contributed by atoms with van der Waals surface area (Å²) in [6.07, 6.45) is 4.76. The normalized spacial score (nSPS) is 15.5. The quantitative estimate of drug-likeness (QED) is 0.663. The lowest BCUT2D eigenvalue weighted by atomic mass is 9.92. The van der Waals surface area contributed by atoms with E-state index < -0.39 is 0 Å². The molecule has 7 heteroatoms. The smallest absolute Gasteiger partial charge is 0.257 e. The van der Waals surface area contributed by atoms with Crippen LogP contribution in [0.2, 0.25) is 0 Å². The molecule has 6 nitrogen and oxygen atoms in total. The number of fused-ring (bicyclic) bond motifs is 1. The van der Waals surface area contributed by atoms with Crippen LogP contribution in [0.15, 0.2) is 36.7 Å². The maximum atomic E-state index is 12.8. The summed E-state index contributed by atoms with van der Waals surface area (Å²) in [6, 6.07) is 7.81. The molecule has 0 saturated carbocycles. The molecule has 134 valence electrons. The zero-order valence-electron chi connectivity index (χ0n) is 14.6. The number of benzene rings is 1. The third-order valence-corrected chi connectivity index (χ3v) is 5.91. The molecule has 0 atom stereocenters. The Morgan fingerprint density at radius 3 is 2.69 bits per heavy atom. The fourth-order valence-electron chi connectivity index (χ4n) is 3.33. The van der Waals surface area contributed by atoms with Crippen molar-refractivity contribution >= 4 is 33.2 Å². The van der Waals surface area contributed by atoms with Crippen LogP contribution >= 0.6 is 11.3 Å². The molecular formula is C19H20N4O2S. The molecule has 1 saturated heterocycles. The van der Waals surface area contributed by atoms with Crippen molar-refractivity contribution in [2.24, 2.45) is 5.92 Å². The minimum Gasteiger partial charge on any atom is -0.339 e. The van der Waals surface area contributed by atoms with E-state index in [1.165, 1.54) is 11.3 Å². The summed E-state index contributed by atoms with van der Waals surface area (Å²) in [4.78, 5) is 31.7. The Morgan fingerprint density at radius 1 is 1.23 bits per heavy atom. The molecule has 26 heavy (non-hydrogen) atoms. The molecule has 3 heterocycles.